The Hall–Kier alpha value is -1.73. The molecular weight excluding hydrogens is 400 g/mol. The molecule has 5 nitrogen and oxygen atoms in total. The van der Waals surface area contributed by atoms with Crippen molar-refractivity contribution in [3.63, 3.8) is 0 Å². The summed E-state index contributed by atoms with van der Waals surface area (Å²) in [5, 5.41) is 3.97. The number of hydrogen-bond acceptors (Lipinski definition) is 5. The summed E-state index contributed by atoms with van der Waals surface area (Å²) < 4.78 is 6.94. The molecule has 3 aromatic rings. The van der Waals surface area contributed by atoms with Crippen molar-refractivity contribution in [3.8, 4) is 23.0 Å². The third-order valence-electron chi connectivity index (χ3n) is 2.87. The van der Waals surface area contributed by atoms with Gasteiger partial charge in [0.05, 0.1) is 11.3 Å². The molecule has 0 bridgehead atoms. The largest absolute Gasteiger partial charge is 0.397 e. The highest BCUT2D eigenvalue weighted by Crippen LogP contribution is 2.34. The van der Waals surface area contributed by atoms with Gasteiger partial charge in [0.2, 0.25) is 5.82 Å². The Morgan fingerprint density at radius 1 is 1.14 bits per heavy atom. The van der Waals surface area contributed by atoms with Crippen LogP contribution in [0.5, 0.6) is 0 Å². The van der Waals surface area contributed by atoms with E-state index >= 15 is 0 Å². The highest BCUT2D eigenvalue weighted by atomic mass is 79.9. The molecule has 0 aliphatic heterocycles. The van der Waals surface area contributed by atoms with Gasteiger partial charge in [-0.3, -0.25) is 0 Å². The van der Waals surface area contributed by atoms with Gasteiger partial charge in [-0.25, -0.2) is 4.98 Å². The van der Waals surface area contributed by atoms with Crippen molar-refractivity contribution in [2.45, 2.75) is 6.92 Å². The summed E-state index contributed by atoms with van der Waals surface area (Å²) in [4.78, 5) is 8.75. The minimum absolute atomic E-state index is 0.354. The number of anilines is 1. The van der Waals surface area contributed by atoms with Gasteiger partial charge in [0, 0.05) is 14.6 Å². The van der Waals surface area contributed by atoms with Crippen LogP contribution in [0.4, 0.5) is 5.69 Å². The van der Waals surface area contributed by atoms with E-state index in [1.165, 1.54) is 0 Å². The van der Waals surface area contributed by atoms with Crippen LogP contribution < -0.4 is 5.73 Å². The van der Waals surface area contributed by atoms with Crippen LogP contribution >= 0.6 is 31.9 Å². The van der Waals surface area contributed by atoms with Gasteiger partial charge in [-0.15, -0.1) is 0 Å². The van der Waals surface area contributed by atoms with Crippen LogP contribution in [0.1, 0.15) is 5.69 Å². The van der Waals surface area contributed by atoms with E-state index < -0.39 is 0 Å². The summed E-state index contributed by atoms with van der Waals surface area (Å²) >= 11 is 6.82. The minimum atomic E-state index is 0.354. The Morgan fingerprint density at radius 2 is 1.95 bits per heavy atom. The molecule has 2 heterocycles. The highest BCUT2D eigenvalue weighted by Gasteiger charge is 2.16. The molecule has 0 radical (unpaired) electrons. The Kier molecular flexibility index (Phi) is 3.77. The molecule has 2 N–H and O–H groups in total. The van der Waals surface area contributed by atoms with Gasteiger partial charge < -0.3 is 10.3 Å². The normalized spacial score (nSPS) is 10.8. The maximum Gasteiger partial charge on any atom is 0.260 e. The van der Waals surface area contributed by atoms with Gasteiger partial charge in [-0.2, -0.15) is 4.98 Å². The lowest BCUT2D eigenvalue weighted by molar-refractivity contribution is 0.432. The number of nitrogens with zero attached hydrogens (tertiary/aromatic N) is 3. The lowest BCUT2D eigenvalue weighted by Gasteiger charge is -2.04. The first-order valence-electron chi connectivity index (χ1n) is 6.07. The lowest BCUT2D eigenvalue weighted by atomic mass is 10.2. The van der Waals surface area contributed by atoms with Crippen LogP contribution in [0.3, 0.4) is 0 Å². The predicted octanol–water partition coefficient (Wildman–Crippen LogP) is 4.21. The molecule has 0 aliphatic carbocycles. The molecule has 3 rings (SSSR count). The van der Waals surface area contributed by atoms with Crippen molar-refractivity contribution in [2.75, 3.05) is 5.73 Å². The SMILES string of the molecule is Cc1cccc(-c2noc(-c3cc(Br)cc(Br)c3N)n2)n1. The minimum Gasteiger partial charge on any atom is -0.397 e. The number of nitrogens with two attached hydrogens (primary N) is 1. The van der Waals surface area contributed by atoms with E-state index in [2.05, 4.69) is 47.0 Å². The van der Waals surface area contributed by atoms with Gasteiger partial charge >= 0.3 is 0 Å². The van der Waals surface area contributed by atoms with Crippen molar-refractivity contribution in [3.05, 3.63) is 45.0 Å². The van der Waals surface area contributed by atoms with Crippen LogP contribution in [0.2, 0.25) is 0 Å². The van der Waals surface area contributed by atoms with Gasteiger partial charge in [0.25, 0.3) is 5.89 Å². The number of halogens is 2. The second-order valence-electron chi connectivity index (χ2n) is 4.44. The first-order valence-corrected chi connectivity index (χ1v) is 7.66. The molecule has 0 fully saturated rings. The predicted molar refractivity (Wildman–Crippen MR) is 87.5 cm³/mol. The molecule has 21 heavy (non-hydrogen) atoms. The lowest BCUT2D eigenvalue weighted by Crippen LogP contribution is -1.92. The third-order valence-corrected chi connectivity index (χ3v) is 3.98. The van der Waals surface area contributed by atoms with Crippen LogP contribution in [-0.4, -0.2) is 15.1 Å². The number of pyridine rings is 1. The topological polar surface area (TPSA) is 77.8 Å². The van der Waals surface area contributed by atoms with Crippen LogP contribution in [0.15, 0.2) is 43.8 Å². The molecule has 0 aliphatic rings. The Bertz CT molecular complexity index is 816. The maximum absolute atomic E-state index is 6.04. The van der Waals surface area contributed by atoms with E-state index in [0.29, 0.717) is 28.7 Å². The number of hydrogen-bond donors (Lipinski definition) is 1. The first kappa shape index (κ1) is 14.2. The zero-order valence-corrected chi connectivity index (χ0v) is 14.1. The zero-order chi connectivity index (χ0) is 15.0. The fraction of sp³-hybridized carbons (Fsp3) is 0.0714. The Balaban J connectivity index is 2.07. The van der Waals surface area contributed by atoms with E-state index in [1.54, 1.807) is 0 Å². The average Bonchev–Trinajstić information content (AvgIpc) is 2.92. The van der Waals surface area contributed by atoms with E-state index in [0.717, 1.165) is 14.6 Å². The molecule has 0 atom stereocenters. The molecule has 0 amide bonds. The number of aromatic nitrogens is 3. The van der Waals surface area contributed by atoms with E-state index in [-0.39, 0.29) is 0 Å². The van der Waals surface area contributed by atoms with Crippen LogP contribution in [0, 0.1) is 6.92 Å². The fourth-order valence-electron chi connectivity index (χ4n) is 1.87. The number of benzene rings is 1. The van der Waals surface area contributed by atoms with Gasteiger partial charge in [0.15, 0.2) is 0 Å². The van der Waals surface area contributed by atoms with Gasteiger partial charge in [0.1, 0.15) is 5.69 Å². The van der Waals surface area contributed by atoms with E-state index in [4.69, 9.17) is 10.3 Å². The van der Waals surface area contributed by atoms with Gasteiger partial charge in [-0.05, 0) is 47.1 Å². The number of nitrogen functional groups attached to an aromatic ring is 1. The molecule has 2 aromatic heterocycles. The van der Waals surface area contributed by atoms with E-state index in [1.807, 2.05) is 37.3 Å². The summed E-state index contributed by atoms with van der Waals surface area (Å²) in [6.45, 7) is 1.91. The quantitative estimate of drug-likeness (QED) is 0.641. The molecule has 106 valence electrons. The van der Waals surface area contributed by atoms with Crippen molar-refractivity contribution >= 4 is 37.5 Å². The first-order chi connectivity index (χ1) is 10.0. The summed E-state index contributed by atoms with van der Waals surface area (Å²) in [5.41, 5.74) is 8.82. The van der Waals surface area contributed by atoms with E-state index in [9.17, 15) is 0 Å². The number of rotatable bonds is 2. The van der Waals surface area contributed by atoms with Crippen LogP contribution in [0.25, 0.3) is 23.0 Å². The summed E-state index contributed by atoms with van der Waals surface area (Å²) in [7, 11) is 0. The number of aryl methyl sites for hydroxylation is 1. The monoisotopic (exact) mass is 408 g/mol. The average molecular weight is 410 g/mol. The smallest absolute Gasteiger partial charge is 0.260 e. The van der Waals surface area contributed by atoms with Crippen molar-refractivity contribution < 1.29 is 4.52 Å². The van der Waals surface area contributed by atoms with Crippen molar-refractivity contribution in [2.24, 2.45) is 0 Å². The molecular formula is C14H10Br2N4O. The Labute approximate surface area is 137 Å². The zero-order valence-electron chi connectivity index (χ0n) is 11.0. The third kappa shape index (κ3) is 2.84. The molecule has 0 saturated carbocycles. The second-order valence-corrected chi connectivity index (χ2v) is 6.21. The second kappa shape index (κ2) is 5.57. The molecule has 7 heteroatoms. The van der Waals surface area contributed by atoms with Crippen molar-refractivity contribution in [1.82, 2.24) is 15.1 Å². The summed E-state index contributed by atoms with van der Waals surface area (Å²) in [6.07, 6.45) is 0. The highest BCUT2D eigenvalue weighted by molar-refractivity contribution is 9.11. The van der Waals surface area contributed by atoms with Gasteiger partial charge in [-0.1, -0.05) is 27.2 Å². The Morgan fingerprint density at radius 3 is 2.71 bits per heavy atom. The standard InChI is InChI=1S/C14H10Br2N4O/c1-7-3-2-4-11(18-7)13-19-14(21-20-13)9-5-8(15)6-10(16)12(9)17/h2-6H,17H2,1H3. The summed E-state index contributed by atoms with van der Waals surface area (Å²) in [6, 6.07) is 9.34. The summed E-state index contributed by atoms with van der Waals surface area (Å²) in [5.74, 6) is 0.789. The fourth-order valence-corrected chi connectivity index (χ4v) is 3.09. The maximum atomic E-state index is 6.04. The molecule has 0 spiro atoms. The molecule has 1 aromatic carbocycles. The van der Waals surface area contributed by atoms with Crippen LogP contribution in [-0.2, 0) is 0 Å². The molecule has 0 saturated heterocycles. The van der Waals surface area contributed by atoms with Crippen molar-refractivity contribution in [1.29, 1.82) is 0 Å². The molecule has 0 unspecified atom stereocenters.